The molecule has 3 aromatic rings. The van der Waals surface area contributed by atoms with E-state index in [4.69, 9.17) is 11.6 Å². The van der Waals surface area contributed by atoms with Gasteiger partial charge in [-0.25, -0.2) is 9.69 Å². The van der Waals surface area contributed by atoms with E-state index in [0.717, 1.165) is 22.2 Å². The number of aromatic amines is 1. The van der Waals surface area contributed by atoms with Crippen molar-refractivity contribution in [3.63, 3.8) is 0 Å². The van der Waals surface area contributed by atoms with Crippen LogP contribution in [-0.2, 0) is 16.8 Å². The number of amides is 3. The lowest BCUT2D eigenvalue weighted by atomic mass is 9.87. The highest BCUT2D eigenvalue weighted by atomic mass is 35.5. The molecule has 1 saturated heterocycles. The number of aromatic nitrogens is 1. The van der Waals surface area contributed by atoms with Gasteiger partial charge in [-0.1, -0.05) is 41.9 Å². The average Bonchev–Trinajstić information content (AvgIpc) is 3.11. The number of anilines is 1. The average molecular weight is 366 g/mol. The molecule has 0 bridgehead atoms. The minimum Gasteiger partial charge on any atom is -0.356 e. The molecule has 5 rings (SSSR count). The zero-order valence-corrected chi connectivity index (χ0v) is 14.9. The van der Waals surface area contributed by atoms with Crippen molar-refractivity contribution in [3.8, 4) is 0 Å². The SMILES string of the molecule is CC12C(=O)N(c3ccccc3Cl)C(=O)N1CCc1c2[nH]c2ccccc12. The fraction of sp³-hybridized carbons (Fsp3) is 0.200. The van der Waals surface area contributed by atoms with Crippen molar-refractivity contribution in [1.82, 2.24) is 9.88 Å². The number of benzene rings is 2. The largest absolute Gasteiger partial charge is 0.356 e. The number of H-pyrrole nitrogens is 1. The Labute approximate surface area is 155 Å². The summed E-state index contributed by atoms with van der Waals surface area (Å²) < 4.78 is 0. The molecular weight excluding hydrogens is 350 g/mol. The van der Waals surface area contributed by atoms with Gasteiger partial charge in [-0.05, 0) is 37.1 Å². The maximum Gasteiger partial charge on any atom is 0.332 e. The Hall–Kier alpha value is -2.79. The van der Waals surface area contributed by atoms with Crippen LogP contribution in [0, 0.1) is 0 Å². The van der Waals surface area contributed by atoms with Crippen molar-refractivity contribution in [2.75, 3.05) is 11.4 Å². The summed E-state index contributed by atoms with van der Waals surface area (Å²) >= 11 is 6.27. The Kier molecular flexibility index (Phi) is 3.04. The Morgan fingerprint density at radius 1 is 1.08 bits per heavy atom. The van der Waals surface area contributed by atoms with Gasteiger partial charge in [0.1, 0.15) is 0 Å². The number of rotatable bonds is 1. The monoisotopic (exact) mass is 365 g/mol. The number of hydrogen-bond acceptors (Lipinski definition) is 2. The predicted molar refractivity (Wildman–Crippen MR) is 100 cm³/mol. The minimum absolute atomic E-state index is 0.275. The molecule has 6 heteroatoms. The van der Waals surface area contributed by atoms with Gasteiger partial charge in [0.25, 0.3) is 5.91 Å². The molecule has 1 atom stereocenters. The Morgan fingerprint density at radius 2 is 1.81 bits per heavy atom. The third-order valence-corrected chi connectivity index (χ3v) is 5.88. The summed E-state index contributed by atoms with van der Waals surface area (Å²) in [5.41, 5.74) is 2.27. The van der Waals surface area contributed by atoms with Crippen LogP contribution < -0.4 is 4.90 Å². The molecule has 1 aromatic heterocycles. The van der Waals surface area contributed by atoms with Crippen molar-refractivity contribution >= 4 is 40.1 Å². The molecule has 3 heterocycles. The van der Waals surface area contributed by atoms with Gasteiger partial charge in [0.2, 0.25) is 0 Å². The third-order valence-electron chi connectivity index (χ3n) is 5.56. The van der Waals surface area contributed by atoms with Crippen LogP contribution in [0.15, 0.2) is 48.5 Å². The number of hydrogen-bond donors (Lipinski definition) is 1. The number of halogens is 1. The van der Waals surface area contributed by atoms with Crippen LogP contribution in [0.2, 0.25) is 5.02 Å². The Balaban J connectivity index is 1.72. The number of imide groups is 1. The first-order chi connectivity index (χ1) is 12.5. The Morgan fingerprint density at radius 3 is 2.62 bits per heavy atom. The summed E-state index contributed by atoms with van der Waals surface area (Å²) in [6, 6.07) is 14.6. The van der Waals surface area contributed by atoms with Crippen LogP contribution in [0.4, 0.5) is 10.5 Å². The lowest BCUT2D eigenvalue weighted by Crippen LogP contribution is -2.49. The van der Waals surface area contributed by atoms with Gasteiger partial charge >= 0.3 is 6.03 Å². The standard InChI is InChI=1S/C20H16ClN3O2/c1-20-17-13(12-6-2-4-8-15(12)22-17)10-11-23(20)19(26)24(18(20)25)16-9-5-3-7-14(16)21/h2-9,22H,10-11H2,1H3. The van der Waals surface area contributed by atoms with Crippen molar-refractivity contribution in [3.05, 3.63) is 64.8 Å². The van der Waals surface area contributed by atoms with E-state index in [1.165, 1.54) is 4.90 Å². The molecule has 5 nitrogen and oxygen atoms in total. The number of carbonyl (C=O) groups excluding carboxylic acids is 2. The number of urea groups is 1. The highest BCUT2D eigenvalue weighted by molar-refractivity contribution is 6.36. The molecule has 1 fully saturated rings. The lowest BCUT2D eigenvalue weighted by molar-refractivity contribution is -0.125. The van der Waals surface area contributed by atoms with Crippen molar-refractivity contribution in [2.45, 2.75) is 18.9 Å². The molecule has 3 amide bonds. The highest BCUT2D eigenvalue weighted by Crippen LogP contribution is 2.46. The zero-order chi connectivity index (χ0) is 18.1. The maximum atomic E-state index is 13.4. The summed E-state index contributed by atoms with van der Waals surface area (Å²) in [7, 11) is 0. The molecule has 0 aliphatic carbocycles. The smallest absolute Gasteiger partial charge is 0.332 e. The van der Waals surface area contributed by atoms with Crippen LogP contribution in [0.5, 0.6) is 0 Å². The van der Waals surface area contributed by atoms with Gasteiger partial charge in [-0.3, -0.25) is 4.79 Å². The number of nitrogens with zero attached hydrogens (tertiary/aromatic N) is 2. The number of carbonyl (C=O) groups is 2. The first kappa shape index (κ1) is 15.5. The number of fused-ring (bicyclic) bond motifs is 5. The van der Waals surface area contributed by atoms with Crippen molar-refractivity contribution in [2.24, 2.45) is 0 Å². The second kappa shape index (κ2) is 5.11. The van der Waals surface area contributed by atoms with E-state index in [2.05, 4.69) is 11.1 Å². The summed E-state index contributed by atoms with van der Waals surface area (Å²) in [6.07, 6.45) is 0.713. The molecule has 130 valence electrons. The van der Waals surface area contributed by atoms with Crippen LogP contribution >= 0.6 is 11.6 Å². The van der Waals surface area contributed by atoms with E-state index in [-0.39, 0.29) is 11.9 Å². The fourth-order valence-corrected chi connectivity index (χ4v) is 4.46. The van der Waals surface area contributed by atoms with Crippen molar-refractivity contribution in [1.29, 1.82) is 0 Å². The van der Waals surface area contributed by atoms with Gasteiger partial charge < -0.3 is 9.88 Å². The molecule has 2 aliphatic heterocycles. The molecular formula is C20H16ClN3O2. The van der Waals surface area contributed by atoms with E-state index in [9.17, 15) is 9.59 Å². The quantitative estimate of drug-likeness (QED) is 0.661. The predicted octanol–water partition coefficient (Wildman–Crippen LogP) is 4.06. The summed E-state index contributed by atoms with van der Waals surface area (Å²) in [6.45, 7) is 2.31. The van der Waals surface area contributed by atoms with Gasteiger partial charge in [-0.15, -0.1) is 0 Å². The van der Waals surface area contributed by atoms with E-state index in [0.29, 0.717) is 23.7 Å². The summed E-state index contributed by atoms with van der Waals surface area (Å²) in [5.74, 6) is -0.275. The molecule has 26 heavy (non-hydrogen) atoms. The third kappa shape index (κ3) is 1.76. The van der Waals surface area contributed by atoms with Gasteiger partial charge in [0.05, 0.1) is 16.4 Å². The second-order valence-electron chi connectivity index (χ2n) is 6.87. The first-order valence-electron chi connectivity index (χ1n) is 8.54. The first-order valence-corrected chi connectivity index (χ1v) is 8.92. The van der Waals surface area contributed by atoms with Gasteiger partial charge in [0, 0.05) is 17.4 Å². The summed E-state index contributed by atoms with van der Waals surface area (Å²) in [5, 5.41) is 1.49. The number of para-hydroxylation sites is 2. The van der Waals surface area contributed by atoms with Crippen LogP contribution in [0.1, 0.15) is 18.2 Å². The molecule has 1 N–H and O–H groups in total. The van der Waals surface area contributed by atoms with E-state index in [1.807, 2.05) is 25.1 Å². The Bertz CT molecular complexity index is 1090. The zero-order valence-electron chi connectivity index (χ0n) is 14.1. The molecule has 0 radical (unpaired) electrons. The van der Waals surface area contributed by atoms with E-state index < -0.39 is 5.54 Å². The molecule has 1 unspecified atom stereocenters. The normalized spacial score (nSPS) is 22.1. The molecule has 0 spiro atoms. The second-order valence-corrected chi connectivity index (χ2v) is 7.28. The van der Waals surface area contributed by atoms with Crippen molar-refractivity contribution < 1.29 is 9.59 Å². The van der Waals surface area contributed by atoms with Gasteiger partial charge in [0.15, 0.2) is 5.54 Å². The minimum atomic E-state index is -1.05. The van der Waals surface area contributed by atoms with Gasteiger partial charge in [-0.2, -0.15) is 0 Å². The molecule has 2 aliphatic rings. The van der Waals surface area contributed by atoms with Crippen LogP contribution in [0.25, 0.3) is 10.9 Å². The highest BCUT2D eigenvalue weighted by Gasteiger charge is 2.59. The van der Waals surface area contributed by atoms with Crippen LogP contribution in [-0.4, -0.2) is 28.4 Å². The molecule has 2 aromatic carbocycles. The fourth-order valence-electron chi connectivity index (χ4n) is 4.24. The maximum absolute atomic E-state index is 13.4. The lowest BCUT2D eigenvalue weighted by Gasteiger charge is -2.35. The summed E-state index contributed by atoms with van der Waals surface area (Å²) in [4.78, 5) is 32.8. The van der Waals surface area contributed by atoms with E-state index in [1.54, 1.807) is 29.2 Å². The number of nitrogens with one attached hydrogen (secondary N) is 1. The van der Waals surface area contributed by atoms with E-state index >= 15 is 0 Å². The topological polar surface area (TPSA) is 56.4 Å². The molecule has 0 saturated carbocycles. The van der Waals surface area contributed by atoms with Crippen LogP contribution in [0.3, 0.4) is 0 Å².